The fourth-order valence-corrected chi connectivity index (χ4v) is 3.50. The van der Waals surface area contributed by atoms with E-state index in [1.807, 2.05) is 13.8 Å². The third kappa shape index (κ3) is 2.74. The highest BCUT2D eigenvalue weighted by molar-refractivity contribution is 4.90. The fraction of sp³-hybridized carbons (Fsp3) is 1.00. The largest absolute Gasteiger partial charge is 0.0683 e. The van der Waals surface area contributed by atoms with Crippen LogP contribution in [-0.4, -0.2) is 0 Å². The molecule has 3 unspecified atom stereocenters. The molecule has 84 valence electrons. The summed E-state index contributed by atoms with van der Waals surface area (Å²) in [5.74, 6) is 2.16. The van der Waals surface area contributed by atoms with Crippen LogP contribution in [-0.2, 0) is 0 Å². The number of hydrogen-bond acceptors (Lipinski definition) is 0. The summed E-state index contributed by atoms with van der Waals surface area (Å²) in [6.45, 7) is 8.90. The van der Waals surface area contributed by atoms with E-state index in [1.54, 1.807) is 6.42 Å². The Labute approximate surface area is 90.5 Å². The highest BCUT2D eigenvalue weighted by atomic mass is 14.4. The molecule has 0 saturated heterocycles. The molecule has 0 N–H and O–H groups in total. The molecule has 0 aromatic heterocycles. The van der Waals surface area contributed by atoms with E-state index in [4.69, 9.17) is 0 Å². The minimum atomic E-state index is 0.752. The Morgan fingerprint density at radius 3 is 2.43 bits per heavy atom. The van der Waals surface area contributed by atoms with Gasteiger partial charge in [0.1, 0.15) is 0 Å². The lowest BCUT2D eigenvalue weighted by atomic mass is 9.79. The van der Waals surface area contributed by atoms with Crippen molar-refractivity contribution >= 4 is 0 Å². The van der Waals surface area contributed by atoms with Gasteiger partial charge in [0, 0.05) is 0 Å². The lowest BCUT2D eigenvalue weighted by molar-refractivity contribution is 0.247. The van der Waals surface area contributed by atoms with Gasteiger partial charge in [-0.1, -0.05) is 47.0 Å². The van der Waals surface area contributed by atoms with E-state index in [-0.39, 0.29) is 0 Å². The monoisotopic (exact) mass is 196 g/mol. The minimum Gasteiger partial charge on any atom is -0.0683 e. The SMILES string of the molecule is CC.CCC1CCC2CCC(C)(C1)C2. The second-order valence-electron chi connectivity index (χ2n) is 5.48. The van der Waals surface area contributed by atoms with Crippen molar-refractivity contribution in [3.63, 3.8) is 0 Å². The molecule has 2 aliphatic rings. The van der Waals surface area contributed by atoms with E-state index in [1.165, 1.54) is 38.5 Å². The summed E-state index contributed by atoms with van der Waals surface area (Å²) < 4.78 is 0. The van der Waals surface area contributed by atoms with E-state index in [2.05, 4.69) is 13.8 Å². The summed E-state index contributed by atoms with van der Waals surface area (Å²) in [6, 6.07) is 0. The van der Waals surface area contributed by atoms with Gasteiger partial charge in [-0.05, 0) is 42.9 Å². The first-order valence-electron chi connectivity index (χ1n) is 6.72. The van der Waals surface area contributed by atoms with Gasteiger partial charge in [-0.2, -0.15) is 0 Å². The highest BCUT2D eigenvalue weighted by Gasteiger charge is 2.38. The molecule has 2 rings (SSSR count). The predicted molar refractivity (Wildman–Crippen MR) is 64.4 cm³/mol. The number of fused-ring (bicyclic) bond motifs is 2. The van der Waals surface area contributed by atoms with Crippen LogP contribution in [0.25, 0.3) is 0 Å². The molecule has 2 aliphatic carbocycles. The van der Waals surface area contributed by atoms with E-state index in [0.29, 0.717) is 0 Å². The van der Waals surface area contributed by atoms with Crippen LogP contribution in [0.3, 0.4) is 0 Å². The van der Waals surface area contributed by atoms with Crippen LogP contribution >= 0.6 is 0 Å². The maximum absolute atomic E-state index is 2.53. The lowest BCUT2D eigenvalue weighted by Crippen LogP contribution is -2.15. The molecule has 2 fully saturated rings. The van der Waals surface area contributed by atoms with E-state index >= 15 is 0 Å². The molecule has 3 atom stereocenters. The molecular formula is C14H28. The average molecular weight is 196 g/mol. The molecule has 0 nitrogen and oxygen atoms in total. The summed E-state index contributed by atoms with van der Waals surface area (Å²) >= 11 is 0. The molecule has 0 amide bonds. The zero-order chi connectivity index (χ0) is 10.6. The molecule has 14 heavy (non-hydrogen) atoms. The van der Waals surface area contributed by atoms with Gasteiger partial charge in [0.25, 0.3) is 0 Å². The van der Waals surface area contributed by atoms with Gasteiger partial charge in [0.15, 0.2) is 0 Å². The van der Waals surface area contributed by atoms with Crippen molar-refractivity contribution in [1.82, 2.24) is 0 Å². The van der Waals surface area contributed by atoms with Gasteiger partial charge in [-0.3, -0.25) is 0 Å². The van der Waals surface area contributed by atoms with Crippen LogP contribution in [0.15, 0.2) is 0 Å². The van der Waals surface area contributed by atoms with E-state index < -0.39 is 0 Å². The van der Waals surface area contributed by atoms with Gasteiger partial charge < -0.3 is 0 Å². The molecule has 0 aliphatic heterocycles. The van der Waals surface area contributed by atoms with Crippen LogP contribution < -0.4 is 0 Å². The van der Waals surface area contributed by atoms with Gasteiger partial charge in [-0.15, -0.1) is 0 Å². The zero-order valence-electron chi connectivity index (χ0n) is 10.6. The molecule has 0 heterocycles. The van der Waals surface area contributed by atoms with Crippen molar-refractivity contribution < 1.29 is 0 Å². The van der Waals surface area contributed by atoms with Crippen LogP contribution in [0.2, 0.25) is 0 Å². The maximum Gasteiger partial charge on any atom is -0.0320 e. The third-order valence-corrected chi connectivity index (χ3v) is 4.28. The summed E-state index contributed by atoms with van der Waals surface area (Å²) in [6.07, 6.45) is 10.6. The maximum atomic E-state index is 2.53. The third-order valence-electron chi connectivity index (χ3n) is 4.28. The normalized spacial score (nSPS) is 41.1. The van der Waals surface area contributed by atoms with Gasteiger partial charge in [-0.25, -0.2) is 0 Å². The Kier molecular flexibility index (Phi) is 4.47. The lowest BCUT2D eigenvalue weighted by Gasteiger charge is -2.27. The Bertz CT molecular complexity index is 161. The Balaban J connectivity index is 0.000000461. The van der Waals surface area contributed by atoms with Crippen molar-refractivity contribution in [3.05, 3.63) is 0 Å². The van der Waals surface area contributed by atoms with Crippen LogP contribution in [0.1, 0.15) is 72.6 Å². The van der Waals surface area contributed by atoms with Crippen molar-refractivity contribution in [2.75, 3.05) is 0 Å². The zero-order valence-corrected chi connectivity index (χ0v) is 10.6. The smallest absolute Gasteiger partial charge is 0.0320 e. The topological polar surface area (TPSA) is 0 Å². The van der Waals surface area contributed by atoms with Crippen molar-refractivity contribution in [2.24, 2.45) is 17.3 Å². The molecule has 0 spiro atoms. The van der Waals surface area contributed by atoms with Crippen molar-refractivity contribution in [1.29, 1.82) is 0 Å². The molecule has 0 aromatic rings. The van der Waals surface area contributed by atoms with E-state index in [0.717, 1.165) is 17.3 Å². The first-order chi connectivity index (χ1) is 6.72. The first-order valence-corrected chi connectivity index (χ1v) is 6.72. The molecular weight excluding hydrogens is 168 g/mol. The summed E-state index contributed by atoms with van der Waals surface area (Å²) in [5.41, 5.74) is 0.752. The Hall–Kier alpha value is 0. The molecule has 0 heteroatoms. The highest BCUT2D eigenvalue weighted by Crippen LogP contribution is 2.51. The number of rotatable bonds is 1. The average Bonchev–Trinajstić information content (AvgIpc) is 2.47. The van der Waals surface area contributed by atoms with Crippen LogP contribution in [0.5, 0.6) is 0 Å². The van der Waals surface area contributed by atoms with Crippen LogP contribution in [0, 0.1) is 17.3 Å². The molecule has 0 radical (unpaired) electrons. The number of hydrogen-bond donors (Lipinski definition) is 0. The molecule has 2 saturated carbocycles. The van der Waals surface area contributed by atoms with E-state index in [9.17, 15) is 0 Å². The Morgan fingerprint density at radius 2 is 1.79 bits per heavy atom. The molecule has 2 bridgehead atoms. The summed E-state index contributed by atoms with van der Waals surface area (Å²) in [5, 5.41) is 0. The predicted octanol–water partition coefficient (Wildman–Crippen LogP) is 5.03. The summed E-state index contributed by atoms with van der Waals surface area (Å²) in [7, 11) is 0. The van der Waals surface area contributed by atoms with Gasteiger partial charge in [0.05, 0.1) is 0 Å². The summed E-state index contributed by atoms with van der Waals surface area (Å²) in [4.78, 5) is 0. The second kappa shape index (κ2) is 5.19. The van der Waals surface area contributed by atoms with Gasteiger partial charge in [0.2, 0.25) is 0 Å². The standard InChI is InChI=1S/C12H22.C2H6/c1-3-10-4-5-11-6-7-12(2,8-10)9-11;1-2/h10-11H,3-9H2,1-2H3;1-2H3. The van der Waals surface area contributed by atoms with Crippen molar-refractivity contribution in [2.45, 2.75) is 72.6 Å². The van der Waals surface area contributed by atoms with Crippen LogP contribution in [0.4, 0.5) is 0 Å². The fourth-order valence-electron chi connectivity index (χ4n) is 3.50. The quantitative estimate of drug-likeness (QED) is 0.552. The molecule has 0 aromatic carbocycles. The van der Waals surface area contributed by atoms with Crippen molar-refractivity contribution in [3.8, 4) is 0 Å². The van der Waals surface area contributed by atoms with Gasteiger partial charge >= 0.3 is 0 Å². The first kappa shape index (κ1) is 12.1. The Morgan fingerprint density at radius 1 is 1.07 bits per heavy atom. The minimum absolute atomic E-state index is 0.752. The second-order valence-corrected chi connectivity index (χ2v) is 5.48.